The van der Waals surface area contributed by atoms with Crippen LogP contribution in [-0.2, 0) is 17.8 Å². The van der Waals surface area contributed by atoms with Crippen molar-refractivity contribution in [3.8, 4) is 5.88 Å². The van der Waals surface area contributed by atoms with Crippen LogP contribution in [0.2, 0.25) is 0 Å². The fourth-order valence-corrected chi connectivity index (χ4v) is 6.54. The molecule has 0 radical (unpaired) electrons. The summed E-state index contributed by atoms with van der Waals surface area (Å²) in [6, 6.07) is 16.9. The van der Waals surface area contributed by atoms with Crippen molar-refractivity contribution >= 4 is 60.5 Å². The molecule has 3 N–H and O–H groups in total. The zero-order valence-electron chi connectivity index (χ0n) is 22.3. The molecule has 200 valence electrons. The Bertz CT molecular complexity index is 1880. The van der Waals surface area contributed by atoms with Crippen LogP contribution >= 0.6 is 0 Å². The van der Waals surface area contributed by atoms with Crippen LogP contribution in [0.1, 0.15) is 19.3 Å². The van der Waals surface area contributed by atoms with Crippen LogP contribution in [0, 0.1) is 0 Å². The molecule has 3 aromatic carbocycles. The summed E-state index contributed by atoms with van der Waals surface area (Å²) >= 11 is 0. The van der Waals surface area contributed by atoms with E-state index in [1.165, 1.54) is 5.52 Å². The third-order valence-corrected chi connectivity index (χ3v) is 8.22. The zero-order valence-corrected chi connectivity index (χ0v) is 22.3. The Kier molecular flexibility index (Phi) is 5.66. The fourth-order valence-electron chi connectivity index (χ4n) is 6.54. The van der Waals surface area contributed by atoms with Crippen LogP contribution in [0.15, 0.2) is 54.7 Å². The van der Waals surface area contributed by atoms with E-state index in [2.05, 4.69) is 72.9 Å². The van der Waals surface area contributed by atoms with Crippen molar-refractivity contribution in [2.24, 2.45) is 0 Å². The zero-order chi connectivity index (χ0) is 26.7. The van der Waals surface area contributed by atoms with Gasteiger partial charge in [-0.15, -0.1) is 0 Å². The molecule has 0 bridgehead atoms. The number of rotatable bonds is 5. The van der Waals surface area contributed by atoms with Crippen LogP contribution in [0.3, 0.4) is 0 Å². The molecule has 6 aromatic rings. The maximum absolute atomic E-state index is 12.7. The average Bonchev–Trinajstić information content (AvgIpc) is 3.58. The van der Waals surface area contributed by atoms with Gasteiger partial charge in [-0.05, 0) is 39.2 Å². The minimum atomic E-state index is -0.347. The van der Waals surface area contributed by atoms with E-state index < -0.39 is 0 Å². The maximum Gasteiger partial charge on any atom is 0.407 e. The largest absolute Gasteiger partial charge is 0.494 e. The number of fused-ring (bicyclic) bond motifs is 9. The number of para-hydroxylation sites is 2. The van der Waals surface area contributed by atoms with Gasteiger partial charge in [0, 0.05) is 76.6 Å². The number of nitrogens with zero attached hydrogens (tertiary/aromatic N) is 3. The molecule has 1 aliphatic heterocycles. The summed E-state index contributed by atoms with van der Waals surface area (Å²) in [5.41, 5.74) is 4.56. The number of ether oxygens (including phenoxy) is 1. The molecule has 0 spiro atoms. The molecule has 7 rings (SSSR count). The third-order valence-electron chi connectivity index (χ3n) is 8.22. The van der Waals surface area contributed by atoms with E-state index in [1.807, 2.05) is 20.3 Å². The number of amides is 1. The molecule has 3 aromatic heterocycles. The van der Waals surface area contributed by atoms with Gasteiger partial charge < -0.3 is 34.2 Å². The quantitative estimate of drug-likeness (QED) is 0.245. The van der Waals surface area contributed by atoms with E-state index in [4.69, 9.17) is 4.74 Å². The molecular formula is C31H33N5O3. The number of benzene rings is 3. The van der Waals surface area contributed by atoms with Crippen LogP contribution in [-0.4, -0.2) is 63.5 Å². The number of carbonyl (C=O) groups is 1. The second kappa shape index (κ2) is 9.24. The Labute approximate surface area is 225 Å². The van der Waals surface area contributed by atoms with Gasteiger partial charge in [-0.1, -0.05) is 36.4 Å². The highest BCUT2D eigenvalue weighted by molar-refractivity contribution is 6.36. The number of hydrogen-bond donors (Lipinski definition) is 3. The smallest absolute Gasteiger partial charge is 0.407 e. The molecule has 1 amide bonds. The fraction of sp³-hybridized carbons (Fsp3) is 0.323. The molecule has 39 heavy (non-hydrogen) atoms. The van der Waals surface area contributed by atoms with Crippen molar-refractivity contribution < 1.29 is 14.6 Å². The van der Waals surface area contributed by atoms with Crippen molar-refractivity contribution in [2.75, 3.05) is 27.2 Å². The van der Waals surface area contributed by atoms with Gasteiger partial charge in [-0.3, -0.25) is 0 Å². The van der Waals surface area contributed by atoms with E-state index in [0.29, 0.717) is 19.5 Å². The Morgan fingerprint density at radius 3 is 2.23 bits per heavy atom. The first-order valence-corrected chi connectivity index (χ1v) is 13.8. The topological polar surface area (TPSA) is 87.5 Å². The molecule has 4 heterocycles. The molecule has 0 saturated carbocycles. The number of aromatic nitrogens is 3. The number of aromatic hydroxyl groups is 1. The lowest BCUT2D eigenvalue weighted by atomic mass is 10.0. The standard InChI is InChI=1S/C31H33N5O3/c1-34(2)15-7-14-32-31(38)39-19-12-16-35-23-10-5-3-8-20(23)25-22-18-33-30(37)27(22)26-21-9-4-6-11-24(21)36(17-13-19)29(26)28(25)35/h3-6,8-11,18-19,33,37H,7,12-17H2,1-2H3,(H,32,38). The number of alkyl carbamates (subject to hydrolysis) is 1. The number of hydrogen-bond acceptors (Lipinski definition) is 4. The molecule has 1 aliphatic rings. The molecule has 1 atom stereocenters. The highest BCUT2D eigenvalue weighted by Gasteiger charge is 2.27. The van der Waals surface area contributed by atoms with Gasteiger partial charge in [0.25, 0.3) is 0 Å². The van der Waals surface area contributed by atoms with E-state index in [9.17, 15) is 9.90 Å². The van der Waals surface area contributed by atoms with Crippen LogP contribution < -0.4 is 5.32 Å². The third kappa shape index (κ3) is 3.73. The first-order valence-electron chi connectivity index (χ1n) is 13.8. The van der Waals surface area contributed by atoms with Gasteiger partial charge in [-0.25, -0.2) is 4.79 Å². The molecule has 0 aliphatic carbocycles. The summed E-state index contributed by atoms with van der Waals surface area (Å²) in [7, 11) is 4.06. The number of H-pyrrole nitrogens is 1. The molecule has 0 saturated heterocycles. The van der Waals surface area contributed by atoms with Crippen molar-refractivity contribution in [3.05, 3.63) is 54.7 Å². The number of nitrogens with one attached hydrogen (secondary N) is 2. The van der Waals surface area contributed by atoms with E-state index >= 15 is 0 Å². The Balaban J connectivity index is 1.40. The first kappa shape index (κ1) is 23.9. The van der Waals surface area contributed by atoms with Crippen LogP contribution in [0.25, 0.3) is 54.4 Å². The van der Waals surface area contributed by atoms with Crippen molar-refractivity contribution in [2.45, 2.75) is 38.5 Å². The Hall–Kier alpha value is -4.17. The Morgan fingerprint density at radius 2 is 1.56 bits per heavy atom. The van der Waals surface area contributed by atoms with E-state index in [1.54, 1.807) is 0 Å². The van der Waals surface area contributed by atoms with Crippen molar-refractivity contribution in [1.29, 1.82) is 0 Å². The van der Waals surface area contributed by atoms with Gasteiger partial charge in [0.1, 0.15) is 6.10 Å². The SMILES string of the molecule is CN(C)CCCNC(=O)OC1CCn2c3ccccc3c3c4c[nH]c(O)c4c4c5ccccc5n(c4c32)CC1. The van der Waals surface area contributed by atoms with E-state index in [0.717, 1.165) is 74.8 Å². The highest BCUT2D eigenvalue weighted by atomic mass is 16.6. The molecule has 8 heteroatoms. The summed E-state index contributed by atoms with van der Waals surface area (Å²) in [4.78, 5) is 17.9. The molecular weight excluding hydrogens is 490 g/mol. The van der Waals surface area contributed by atoms with Crippen molar-refractivity contribution in [3.63, 3.8) is 0 Å². The summed E-state index contributed by atoms with van der Waals surface area (Å²) < 4.78 is 10.8. The van der Waals surface area contributed by atoms with Crippen LogP contribution in [0.5, 0.6) is 5.88 Å². The molecule has 0 fully saturated rings. The molecule has 8 nitrogen and oxygen atoms in total. The summed E-state index contributed by atoms with van der Waals surface area (Å²) in [5, 5.41) is 20.3. The van der Waals surface area contributed by atoms with Crippen molar-refractivity contribution in [1.82, 2.24) is 24.3 Å². The first-order chi connectivity index (χ1) is 19.0. The number of carbonyl (C=O) groups excluding carboxylic acids is 1. The van der Waals surface area contributed by atoms with Gasteiger partial charge in [0.05, 0.1) is 16.4 Å². The van der Waals surface area contributed by atoms with Gasteiger partial charge >= 0.3 is 6.09 Å². The lowest BCUT2D eigenvalue weighted by molar-refractivity contribution is 0.0831. The Morgan fingerprint density at radius 1 is 0.949 bits per heavy atom. The lowest BCUT2D eigenvalue weighted by Gasteiger charge is -2.19. The minimum Gasteiger partial charge on any atom is -0.494 e. The van der Waals surface area contributed by atoms with Crippen LogP contribution in [0.4, 0.5) is 4.79 Å². The predicted octanol–water partition coefficient (Wildman–Crippen LogP) is 5.93. The monoisotopic (exact) mass is 523 g/mol. The van der Waals surface area contributed by atoms with Gasteiger partial charge in [-0.2, -0.15) is 0 Å². The molecule has 1 unspecified atom stereocenters. The lowest BCUT2D eigenvalue weighted by Crippen LogP contribution is -2.32. The van der Waals surface area contributed by atoms with Gasteiger partial charge in [0.15, 0.2) is 5.88 Å². The second-order valence-electron chi connectivity index (χ2n) is 10.9. The van der Waals surface area contributed by atoms with E-state index in [-0.39, 0.29) is 18.1 Å². The maximum atomic E-state index is 12.7. The normalized spacial score (nSPS) is 16.0. The summed E-state index contributed by atoms with van der Waals surface area (Å²) in [6.45, 7) is 2.94. The predicted molar refractivity (Wildman–Crippen MR) is 157 cm³/mol. The highest BCUT2D eigenvalue weighted by Crippen LogP contribution is 2.47. The minimum absolute atomic E-state index is 0.193. The number of aromatic amines is 1. The second-order valence-corrected chi connectivity index (χ2v) is 10.9. The number of aryl methyl sites for hydroxylation is 2. The summed E-state index contributed by atoms with van der Waals surface area (Å²) in [5.74, 6) is 0.193. The average molecular weight is 524 g/mol. The van der Waals surface area contributed by atoms with Gasteiger partial charge in [0.2, 0.25) is 0 Å². The summed E-state index contributed by atoms with van der Waals surface area (Å²) in [6.07, 6.45) is 3.67.